The number of benzene rings is 5. The van der Waals surface area contributed by atoms with Crippen LogP contribution in [0.4, 0.5) is 58.2 Å². The van der Waals surface area contributed by atoms with E-state index in [2.05, 4.69) is 188 Å². The Labute approximate surface area is 890 Å². The van der Waals surface area contributed by atoms with E-state index in [9.17, 15) is 0 Å². The molecule has 776 valence electrons. The van der Waals surface area contributed by atoms with Crippen LogP contribution >= 0.6 is 58.0 Å². The first kappa shape index (κ1) is 114. The number of fused-ring (bicyclic) bond motifs is 5. The molecule has 10 N–H and O–H groups in total. The molecule has 146 heavy (non-hydrogen) atoms. The minimum Gasteiger partial charge on any atom is -0.384 e. The highest BCUT2D eigenvalue weighted by atomic mass is 35.5. The summed E-state index contributed by atoms with van der Waals surface area (Å²) in [6, 6.07) is 49.6. The second-order valence-electron chi connectivity index (χ2n) is 37.2. The zero-order valence-electron chi connectivity index (χ0n) is 87.4. The van der Waals surface area contributed by atoms with Gasteiger partial charge in [-0.3, -0.25) is 24.9 Å². The predicted octanol–water partition coefficient (Wildman–Crippen LogP) is 30.5. The lowest BCUT2D eigenvalue weighted by Gasteiger charge is -2.11. The average Bonchev–Trinajstić information content (AvgIpc) is 0.831. The Morgan fingerprint density at radius 1 is 0.185 bits per heavy atom. The van der Waals surface area contributed by atoms with Gasteiger partial charge < -0.3 is 53.2 Å². The Morgan fingerprint density at radius 2 is 0.384 bits per heavy atom. The Hall–Kier alpha value is -12.0. The molecule has 15 aromatic rings. The smallest absolute Gasteiger partial charge is 0.223 e. The molecule has 0 bridgehead atoms. The zero-order valence-corrected chi connectivity index (χ0v) is 91.2. The first-order chi connectivity index (χ1) is 71.3. The van der Waals surface area contributed by atoms with Gasteiger partial charge in [-0.2, -0.15) is 0 Å². The monoisotopic (exact) mass is 2070 g/mol. The SMILES string of the molecule is CCCCCCCNc1nc(C)cc(CCCNc2ccnc3cc(Cl)ccc23)n1.CCCCCCNc1nc(C)cc(CCCNc2ccnc3cc(Cl)ccc23)n1.CCCCCNc1nc(C)cc(CCCCCNc2ccnc3cc(Cl)ccc23)n1.CCCCNc1nc(C)cc(CCCCCNc2ccnc3cc(Cl)ccc23)n1.CCCNc1nc(C)cc(CCCCCNc2ccnc3cc(Cl)ccc23)n1. The molecule has 0 aliphatic rings. The molecule has 0 unspecified atom stereocenters. The van der Waals surface area contributed by atoms with Gasteiger partial charge in [-0.25, -0.2) is 49.8 Å². The largest absolute Gasteiger partial charge is 0.384 e. The fourth-order valence-corrected chi connectivity index (χ4v) is 17.8. The average molecular weight is 2070 g/mol. The molecule has 0 saturated heterocycles. The van der Waals surface area contributed by atoms with Crippen molar-refractivity contribution < 1.29 is 0 Å². The summed E-state index contributed by atoms with van der Waals surface area (Å²) in [5.74, 6) is 3.79. The summed E-state index contributed by atoms with van der Waals surface area (Å²) in [7, 11) is 0. The van der Waals surface area contributed by atoms with Crippen molar-refractivity contribution in [2.75, 3.05) is 119 Å². The number of unbranched alkanes of at least 4 members (excludes halogenated alkanes) is 16. The van der Waals surface area contributed by atoms with Crippen molar-refractivity contribution in [2.24, 2.45) is 0 Å². The first-order valence-corrected chi connectivity index (χ1v) is 55.0. The summed E-state index contributed by atoms with van der Waals surface area (Å²) in [4.78, 5) is 67.8. The minimum absolute atomic E-state index is 0.705. The van der Waals surface area contributed by atoms with E-state index in [-0.39, 0.29) is 0 Å². The highest BCUT2D eigenvalue weighted by molar-refractivity contribution is 6.33. The summed E-state index contributed by atoms with van der Waals surface area (Å²) in [5.41, 5.74) is 20.7. The number of nitrogens with zero attached hydrogens (tertiary/aromatic N) is 15. The third-order valence-corrected chi connectivity index (χ3v) is 25.6. The quantitative estimate of drug-likeness (QED) is 0.0158. The number of aryl methyl sites for hydroxylation is 10. The molecule has 0 radical (unpaired) electrons. The molecule has 25 nitrogen and oxygen atoms in total. The molecule has 0 aliphatic heterocycles. The van der Waals surface area contributed by atoms with Crippen LogP contribution in [-0.4, -0.2) is 140 Å². The molecule has 0 spiro atoms. The number of pyridine rings is 5. The van der Waals surface area contributed by atoms with Crippen LogP contribution in [0.3, 0.4) is 0 Å². The predicted molar refractivity (Wildman–Crippen MR) is 619 cm³/mol. The van der Waals surface area contributed by atoms with E-state index in [0.29, 0.717) is 25.1 Å². The summed E-state index contributed by atoms with van der Waals surface area (Å²) in [6.07, 6.45) is 44.4. The van der Waals surface area contributed by atoms with Crippen molar-refractivity contribution in [3.63, 3.8) is 0 Å². The number of hydrogen-bond donors (Lipinski definition) is 10. The van der Waals surface area contributed by atoms with E-state index in [1.54, 1.807) is 0 Å². The Balaban J connectivity index is 0.000000174. The van der Waals surface area contributed by atoms with Crippen LogP contribution in [0.5, 0.6) is 0 Å². The van der Waals surface area contributed by atoms with Gasteiger partial charge in [0.15, 0.2) is 0 Å². The topological polar surface area (TPSA) is 314 Å². The molecule has 0 atom stereocenters. The van der Waals surface area contributed by atoms with Crippen molar-refractivity contribution in [2.45, 2.75) is 268 Å². The Morgan fingerprint density at radius 3 is 0.637 bits per heavy atom. The number of hydrogen-bond acceptors (Lipinski definition) is 25. The summed E-state index contributed by atoms with van der Waals surface area (Å²) >= 11 is 30.3. The summed E-state index contributed by atoms with van der Waals surface area (Å²) in [5, 5.41) is 43.4. The van der Waals surface area contributed by atoms with Crippen molar-refractivity contribution in [3.8, 4) is 0 Å². The van der Waals surface area contributed by atoms with Crippen LogP contribution in [-0.2, 0) is 32.1 Å². The van der Waals surface area contributed by atoms with Gasteiger partial charge in [0.2, 0.25) is 29.7 Å². The van der Waals surface area contributed by atoms with E-state index in [0.717, 1.165) is 363 Å². The third kappa shape index (κ3) is 41.4. The highest BCUT2D eigenvalue weighted by Gasteiger charge is 2.14. The molecule has 0 fully saturated rings. The van der Waals surface area contributed by atoms with E-state index >= 15 is 0 Å². The second-order valence-corrected chi connectivity index (χ2v) is 39.3. The van der Waals surface area contributed by atoms with Gasteiger partial charge in [0.1, 0.15) is 0 Å². The summed E-state index contributed by atoms with van der Waals surface area (Å²) in [6.45, 7) is 30.4. The maximum atomic E-state index is 6.07. The highest BCUT2D eigenvalue weighted by Crippen LogP contribution is 2.32. The third-order valence-electron chi connectivity index (χ3n) is 24.5. The van der Waals surface area contributed by atoms with Crippen molar-refractivity contribution >= 4 is 171 Å². The van der Waals surface area contributed by atoms with Crippen LogP contribution in [0.15, 0.2) is 183 Å². The van der Waals surface area contributed by atoms with Crippen molar-refractivity contribution in [3.05, 3.63) is 265 Å². The van der Waals surface area contributed by atoms with E-state index in [1.165, 1.54) is 70.6 Å². The van der Waals surface area contributed by atoms with Gasteiger partial charge >= 0.3 is 0 Å². The van der Waals surface area contributed by atoms with Crippen LogP contribution in [0.2, 0.25) is 25.1 Å². The Kier molecular flexibility index (Phi) is 50.8. The van der Waals surface area contributed by atoms with Crippen LogP contribution in [0.25, 0.3) is 54.5 Å². The molecule has 0 amide bonds. The van der Waals surface area contributed by atoms with Gasteiger partial charge in [-0.1, -0.05) is 176 Å². The van der Waals surface area contributed by atoms with Gasteiger partial charge in [0, 0.05) is 234 Å². The van der Waals surface area contributed by atoms with Gasteiger partial charge in [0.05, 0.1) is 27.6 Å². The lowest BCUT2D eigenvalue weighted by molar-refractivity contribution is 0.644. The molecule has 10 aromatic heterocycles. The van der Waals surface area contributed by atoms with Crippen molar-refractivity contribution in [1.29, 1.82) is 0 Å². The molecular weight excluding hydrogens is 1920 g/mol. The molecular formula is C116H152Cl5N25. The van der Waals surface area contributed by atoms with Gasteiger partial charge in [-0.05, 0) is 302 Å². The van der Waals surface area contributed by atoms with Crippen LogP contribution < -0.4 is 53.2 Å². The molecule has 0 saturated carbocycles. The Bertz CT molecular complexity index is 6440. The number of nitrogens with one attached hydrogen (secondary N) is 10. The van der Waals surface area contributed by atoms with Gasteiger partial charge in [-0.15, -0.1) is 0 Å². The maximum absolute atomic E-state index is 6.07. The lowest BCUT2D eigenvalue weighted by Crippen LogP contribution is -2.09. The van der Waals surface area contributed by atoms with E-state index in [1.807, 2.05) is 187 Å². The number of aromatic nitrogens is 15. The first-order valence-electron chi connectivity index (χ1n) is 53.1. The lowest BCUT2D eigenvalue weighted by atomic mass is 10.1. The molecule has 0 aliphatic carbocycles. The minimum atomic E-state index is 0.705. The summed E-state index contributed by atoms with van der Waals surface area (Å²) < 4.78 is 0. The number of anilines is 10. The van der Waals surface area contributed by atoms with E-state index < -0.39 is 0 Å². The normalized spacial score (nSPS) is 11.0. The number of rotatable bonds is 56. The molecule has 5 aromatic carbocycles. The fourth-order valence-electron chi connectivity index (χ4n) is 16.9. The standard InChI is InChI=1S/2C24H32ClN5.2C23H30ClN5.C22H28ClN5/c1-3-4-7-14-28-24-29-18(2)16-20(30-24)9-6-5-8-13-26-22-12-15-27-23-17-19(25)10-11-21(22)23;1-3-4-5-6-7-13-28-24-29-18(2)16-20(30-24)9-8-14-26-22-12-15-27-23-17-19(25)10-11-21(22)23;1-3-4-12-27-23-28-17(2)15-19(29-23)8-6-5-7-13-25-21-11-14-26-22-16-18(24)9-10-20(21)22;1-3-4-5-6-12-27-23-28-17(2)15-19(29-23)8-7-13-25-21-11-14-26-22-16-18(24)9-10-20(21)22;1-3-11-26-22-27-16(2)14-18(28-22)7-5-4-6-12-24-20-10-13-25-21-15-17(23)8-9-19(20)21/h2*10-12,15-17H,3-9,13-14H2,1-2H3,(H,26,27)(H,28,29,30);2*9-11,14-16H,3-8,12-13H2,1-2H3,(H,25,26)(H,27,28,29);8-10,13-15H,3-7,11-12H2,1-2H3,(H,24,25)(H,26,27,28). The molecule has 15 rings (SSSR count). The molecule has 10 heterocycles. The maximum Gasteiger partial charge on any atom is 0.223 e. The van der Waals surface area contributed by atoms with Crippen LogP contribution in [0, 0.1) is 34.6 Å². The zero-order chi connectivity index (χ0) is 103. The van der Waals surface area contributed by atoms with Crippen LogP contribution in [0.1, 0.15) is 258 Å². The van der Waals surface area contributed by atoms with Crippen molar-refractivity contribution in [1.82, 2.24) is 74.8 Å². The number of halogens is 5. The van der Waals surface area contributed by atoms with Gasteiger partial charge in [0.25, 0.3) is 0 Å². The second kappa shape index (κ2) is 64.9. The van der Waals surface area contributed by atoms with E-state index in [4.69, 9.17) is 63.0 Å². The fraction of sp³-hybridized carbons (Fsp3) is 0.440. The molecule has 30 heteroatoms.